The third-order valence-corrected chi connectivity index (χ3v) is 12.4. The van der Waals surface area contributed by atoms with E-state index in [4.69, 9.17) is 0 Å². The molecule has 1 nitrogen and oxygen atoms in total. The van der Waals surface area contributed by atoms with Crippen molar-refractivity contribution in [2.24, 2.45) is 0 Å². The van der Waals surface area contributed by atoms with Gasteiger partial charge in [-0.05, 0) is 0 Å². The zero-order valence-corrected chi connectivity index (χ0v) is 22.9. The quantitative estimate of drug-likeness (QED) is 0.273. The first-order valence-electron chi connectivity index (χ1n) is 13.1. The molecule has 2 heteroatoms. The van der Waals surface area contributed by atoms with Gasteiger partial charge < -0.3 is 0 Å². The Balaban J connectivity index is 1.45. The van der Waals surface area contributed by atoms with Gasteiger partial charge in [0.1, 0.15) is 0 Å². The Morgan fingerprint density at radius 2 is 1.19 bits per heavy atom. The average molecular weight is 511 g/mol. The minimum atomic E-state index is -2.16. The van der Waals surface area contributed by atoms with Crippen molar-refractivity contribution in [3.8, 4) is 22.3 Å². The average Bonchev–Trinajstić information content (AvgIpc) is 3.48. The van der Waals surface area contributed by atoms with Crippen LogP contribution in [0.15, 0.2) is 103 Å². The fourth-order valence-electron chi connectivity index (χ4n) is 6.34. The topological polar surface area (TPSA) is 3.24 Å². The molecule has 0 amide bonds. The van der Waals surface area contributed by atoms with E-state index in [0.29, 0.717) is 0 Å². The van der Waals surface area contributed by atoms with E-state index in [-0.39, 0.29) is 0 Å². The molecule has 0 aliphatic heterocycles. The van der Waals surface area contributed by atoms with Crippen LogP contribution in [-0.4, -0.2) is 19.0 Å². The maximum atomic E-state index is 3.52. The molecule has 5 aromatic rings. The third-order valence-electron chi connectivity index (χ3n) is 7.88. The van der Waals surface area contributed by atoms with Gasteiger partial charge in [-0.15, -0.1) is 0 Å². The number of hydrogen-bond acceptors (Lipinski definition) is 1. The van der Waals surface area contributed by atoms with Crippen molar-refractivity contribution in [1.29, 1.82) is 0 Å². The summed E-state index contributed by atoms with van der Waals surface area (Å²) in [5, 5.41) is 0. The predicted octanol–water partition coefficient (Wildman–Crippen LogP) is 5.59. The van der Waals surface area contributed by atoms with Crippen molar-refractivity contribution in [3.63, 3.8) is 0 Å². The van der Waals surface area contributed by atoms with Crippen LogP contribution in [0.3, 0.4) is 0 Å². The van der Waals surface area contributed by atoms with Gasteiger partial charge in [-0.1, -0.05) is 0 Å². The Morgan fingerprint density at radius 3 is 1.76 bits per heavy atom. The van der Waals surface area contributed by atoms with Gasteiger partial charge in [0.05, 0.1) is 0 Å². The van der Waals surface area contributed by atoms with E-state index in [1.807, 2.05) is 0 Å². The Hall–Kier alpha value is -3.23. The molecule has 37 heavy (non-hydrogen) atoms. The summed E-state index contributed by atoms with van der Waals surface area (Å²) >= 11 is -2.16. The van der Waals surface area contributed by atoms with Gasteiger partial charge in [-0.2, -0.15) is 0 Å². The Labute approximate surface area is 226 Å². The second-order valence-corrected chi connectivity index (χ2v) is 14.3. The molecule has 0 spiro atoms. The van der Waals surface area contributed by atoms with Crippen molar-refractivity contribution in [2.45, 2.75) is 19.4 Å². The van der Waals surface area contributed by atoms with Gasteiger partial charge in [-0.25, -0.2) is 0 Å². The van der Waals surface area contributed by atoms with Gasteiger partial charge in [0.25, 0.3) is 0 Å². The second-order valence-electron chi connectivity index (χ2n) is 10.5. The molecule has 0 saturated carbocycles. The van der Waals surface area contributed by atoms with Crippen molar-refractivity contribution in [1.82, 2.24) is 4.90 Å². The summed E-state index contributed by atoms with van der Waals surface area (Å²) in [5.74, 6) is 0. The first kappa shape index (κ1) is 22.9. The molecule has 7 rings (SSSR count). The number of benzene rings is 5. The molecule has 0 bridgehead atoms. The molecular weight excluding hydrogens is 482 g/mol. The fraction of sp³-hybridized carbons (Fsp3) is 0.143. The zero-order chi connectivity index (χ0) is 24.9. The molecule has 2 aliphatic carbocycles. The summed E-state index contributed by atoms with van der Waals surface area (Å²) in [5.41, 5.74) is 13.0. The molecule has 0 N–H and O–H groups in total. The standard InChI is InChI=1S/2C13H9.C9H11N.Ti/c2*1-3-7-12-10(5-1)9-11-6-2-4-8-13(11)12;1-10(2)8-9-6-4-3-5-7-9;/h2*1-5,7-8H,9H2;3-4,7H,8H2,1-2H3;. The normalized spacial score (nSPS) is 12.7. The predicted molar refractivity (Wildman–Crippen MR) is 151 cm³/mol. The first-order chi connectivity index (χ1) is 18.2. The van der Waals surface area contributed by atoms with Gasteiger partial charge in [0, 0.05) is 0 Å². The summed E-state index contributed by atoms with van der Waals surface area (Å²) in [6, 6.07) is 42.6. The summed E-state index contributed by atoms with van der Waals surface area (Å²) in [6.07, 6.45) is 2.08. The molecule has 1 radical (unpaired) electrons. The summed E-state index contributed by atoms with van der Waals surface area (Å²) in [7, 11) is 4.28. The molecule has 178 valence electrons. The number of nitrogens with zero attached hydrogens (tertiary/aromatic N) is 1. The van der Waals surface area contributed by atoms with E-state index in [2.05, 4.69) is 128 Å². The number of rotatable bonds is 5. The molecular formula is C35H29NTi. The Morgan fingerprint density at radius 1 is 0.649 bits per heavy atom. The van der Waals surface area contributed by atoms with E-state index >= 15 is 0 Å². The maximum absolute atomic E-state index is 3.52. The van der Waals surface area contributed by atoms with E-state index in [9.17, 15) is 0 Å². The monoisotopic (exact) mass is 511 g/mol. The first-order valence-corrected chi connectivity index (χ1v) is 15.5. The van der Waals surface area contributed by atoms with Crippen LogP contribution in [0, 0.1) is 6.07 Å². The van der Waals surface area contributed by atoms with Gasteiger partial charge in [-0.3, -0.25) is 0 Å². The van der Waals surface area contributed by atoms with E-state index in [1.54, 1.807) is 18.9 Å². The summed E-state index contributed by atoms with van der Waals surface area (Å²) in [4.78, 5) is 2.24. The SMILES string of the molecule is CN(C)Cc1[c]cc[c]([Ti]([c]2cccc3c2Cc2ccccc2-3)[c]2cccc3c2Cc2ccccc2-3)c1. The molecule has 0 fully saturated rings. The second kappa shape index (κ2) is 9.26. The van der Waals surface area contributed by atoms with Crippen molar-refractivity contribution in [2.75, 3.05) is 14.1 Å². The molecule has 0 saturated heterocycles. The number of hydrogen-bond donors (Lipinski definition) is 0. The Bertz CT molecular complexity index is 1550. The molecule has 0 unspecified atom stereocenters. The summed E-state index contributed by atoms with van der Waals surface area (Å²) < 4.78 is 4.71. The van der Waals surface area contributed by atoms with Crippen LogP contribution in [0.4, 0.5) is 0 Å². The fourth-order valence-corrected chi connectivity index (χ4v) is 11.1. The van der Waals surface area contributed by atoms with Gasteiger partial charge in [0.15, 0.2) is 0 Å². The van der Waals surface area contributed by atoms with Gasteiger partial charge in [0.2, 0.25) is 0 Å². The van der Waals surface area contributed by atoms with E-state index in [1.165, 1.54) is 42.8 Å². The third kappa shape index (κ3) is 3.94. The summed E-state index contributed by atoms with van der Waals surface area (Å²) in [6.45, 7) is 0.913. The van der Waals surface area contributed by atoms with Crippen molar-refractivity contribution in [3.05, 3.63) is 137 Å². The molecule has 0 aromatic heterocycles. The van der Waals surface area contributed by atoms with Crippen LogP contribution in [0.2, 0.25) is 0 Å². The van der Waals surface area contributed by atoms with Crippen LogP contribution in [0.1, 0.15) is 27.8 Å². The van der Waals surface area contributed by atoms with Gasteiger partial charge >= 0.3 is 227 Å². The van der Waals surface area contributed by atoms with Crippen LogP contribution >= 0.6 is 0 Å². The molecule has 2 aliphatic rings. The zero-order valence-electron chi connectivity index (χ0n) is 21.4. The van der Waals surface area contributed by atoms with Crippen molar-refractivity contribution >= 4 is 11.6 Å². The Kier molecular flexibility index (Phi) is 5.74. The number of fused-ring (bicyclic) bond motifs is 6. The van der Waals surface area contributed by atoms with Crippen LogP contribution in [0.5, 0.6) is 0 Å². The van der Waals surface area contributed by atoms with E-state index < -0.39 is 17.9 Å². The van der Waals surface area contributed by atoms with Crippen LogP contribution in [0.25, 0.3) is 22.3 Å². The van der Waals surface area contributed by atoms with Crippen LogP contribution < -0.4 is 11.6 Å². The minimum absolute atomic E-state index is 0.913. The van der Waals surface area contributed by atoms with E-state index in [0.717, 1.165) is 19.4 Å². The van der Waals surface area contributed by atoms with Crippen LogP contribution in [-0.2, 0) is 37.3 Å². The van der Waals surface area contributed by atoms with Crippen molar-refractivity contribution < 1.29 is 17.9 Å². The molecule has 0 heterocycles. The molecule has 5 aromatic carbocycles. The molecule has 0 atom stereocenters.